The Morgan fingerprint density at radius 1 is 1.33 bits per heavy atom. The molecule has 0 aliphatic carbocycles. The lowest BCUT2D eigenvalue weighted by molar-refractivity contribution is -0.115. The van der Waals surface area contributed by atoms with Crippen molar-refractivity contribution in [1.82, 2.24) is 10.3 Å². The van der Waals surface area contributed by atoms with Crippen molar-refractivity contribution in [2.75, 3.05) is 19.9 Å². The van der Waals surface area contributed by atoms with Crippen LogP contribution in [0.2, 0.25) is 0 Å². The average molecular weight is 339 g/mol. The SMILES string of the molecule is CNC(=O)C=Cc1cnc(N)c2c(-c3ccc(OC)cc3)csc12. The summed E-state index contributed by atoms with van der Waals surface area (Å²) in [5.74, 6) is 1.12. The van der Waals surface area contributed by atoms with Crippen LogP contribution in [0.3, 0.4) is 0 Å². The number of amides is 1. The summed E-state index contributed by atoms with van der Waals surface area (Å²) in [6.07, 6.45) is 4.92. The van der Waals surface area contributed by atoms with Crippen LogP contribution in [0.25, 0.3) is 27.3 Å². The molecule has 0 aliphatic heterocycles. The molecule has 0 saturated heterocycles. The normalized spacial score (nSPS) is 11.1. The number of fused-ring (bicyclic) bond motifs is 1. The van der Waals surface area contributed by atoms with E-state index in [2.05, 4.69) is 15.7 Å². The number of carbonyl (C=O) groups is 1. The molecule has 6 heteroatoms. The number of benzene rings is 1. The highest BCUT2D eigenvalue weighted by atomic mass is 32.1. The zero-order chi connectivity index (χ0) is 17.1. The number of hydrogen-bond acceptors (Lipinski definition) is 5. The minimum atomic E-state index is -0.160. The highest BCUT2D eigenvalue weighted by Gasteiger charge is 2.13. The Labute approximate surface area is 143 Å². The molecule has 0 spiro atoms. The molecular weight excluding hydrogens is 322 g/mol. The van der Waals surface area contributed by atoms with Crippen LogP contribution in [0.5, 0.6) is 5.75 Å². The van der Waals surface area contributed by atoms with Crippen molar-refractivity contribution >= 4 is 39.2 Å². The predicted octanol–water partition coefficient (Wildman–Crippen LogP) is 3.31. The van der Waals surface area contributed by atoms with E-state index in [9.17, 15) is 4.79 Å². The van der Waals surface area contributed by atoms with E-state index in [1.54, 1.807) is 37.8 Å². The number of pyridine rings is 1. The largest absolute Gasteiger partial charge is 0.497 e. The van der Waals surface area contributed by atoms with Gasteiger partial charge in [0.25, 0.3) is 0 Å². The molecule has 0 aliphatic rings. The van der Waals surface area contributed by atoms with E-state index in [4.69, 9.17) is 10.5 Å². The lowest BCUT2D eigenvalue weighted by atomic mass is 10.0. The van der Waals surface area contributed by atoms with Gasteiger partial charge in [-0.2, -0.15) is 0 Å². The van der Waals surface area contributed by atoms with Gasteiger partial charge < -0.3 is 15.8 Å². The van der Waals surface area contributed by atoms with Crippen LogP contribution in [0.15, 0.2) is 41.9 Å². The summed E-state index contributed by atoms with van der Waals surface area (Å²) in [6, 6.07) is 7.81. The molecule has 5 nitrogen and oxygen atoms in total. The van der Waals surface area contributed by atoms with Crippen molar-refractivity contribution in [3.8, 4) is 16.9 Å². The third-order valence-electron chi connectivity index (χ3n) is 3.71. The third kappa shape index (κ3) is 2.96. The number of anilines is 1. The van der Waals surface area contributed by atoms with Crippen LogP contribution in [-0.2, 0) is 4.79 Å². The molecule has 1 amide bonds. The minimum Gasteiger partial charge on any atom is -0.497 e. The number of nitrogen functional groups attached to an aromatic ring is 1. The number of hydrogen-bond donors (Lipinski definition) is 2. The Morgan fingerprint density at radius 3 is 2.75 bits per heavy atom. The van der Waals surface area contributed by atoms with Gasteiger partial charge in [-0.15, -0.1) is 11.3 Å². The summed E-state index contributed by atoms with van der Waals surface area (Å²) < 4.78 is 6.21. The number of carbonyl (C=O) groups excluding carboxylic acids is 1. The van der Waals surface area contributed by atoms with Gasteiger partial charge in [0.1, 0.15) is 11.6 Å². The Morgan fingerprint density at radius 2 is 2.08 bits per heavy atom. The molecule has 0 bridgehead atoms. The van der Waals surface area contributed by atoms with E-state index in [1.165, 1.54) is 6.08 Å². The Balaban J connectivity index is 2.11. The summed E-state index contributed by atoms with van der Waals surface area (Å²) >= 11 is 1.58. The van der Waals surface area contributed by atoms with Gasteiger partial charge in [-0.1, -0.05) is 12.1 Å². The summed E-state index contributed by atoms with van der Waals surface area (Å²) in [6.45, 7) is 0. The number of nitrogens with zero attached hydrogens (tertiary/aromatic N) is 1. The van der Waals surface area contributed by atoms with Gasteiger partial charge in [0.2, 0.25) is 5.91 Å². The number of aromatic nitrogens is 1. The van der Waals surface area contributed by atoms with Crippen molar-refractivity contribution in [3.05, 3.63) is 47.5 Å². The van der Waals surface area contributed by atoms with Crippen molar-refractivity contribution < 1.29 is 9.53 Å². The van der Waals surface area contributed by atoms with Crippen LogP contribution in [0, 0.1) is 0 Å². The van der Waals surface area contributed by atoms with E-state index < -0.39 is 0 Å². The lowest BCUT2D eigenvalue weighted by Crippen LogP contribution is -2.13. The maximum atomic E-state index is 11.4. The number of ether oxygens (including phenoxy) is 1. The highest BCUT2D eigenvalue weighted by Crippen LogP contribution is 2.39. The van der Waals surface area contributed by atoms with Gasteiger partial charge in [-0.05, 0) is 29.2 Å². The Bertz CT molecular complexity index is 914. The van der Waals surface area contributed by atoms with Gasteiger partial charge in [-0.3, -0.25) is 4.79 Å². The van der Waals surface area contributed by atoms with Crippen molar-refractivity contribution in [2.24, 2.45) is 0 Å². The third-order valence-corrected chi connectivity index (χ3v) is 4.74. The van der Waals surface area contributed by atoms with Crippen molar-refractivity contribution in [3.63, 3.8) is 0 Å². The first-order valence-electron chi connectivity index (χ1n) is 7.34. The van der Waals surface area contributed by atoms with Crippen LogP contribution in [-0.4, -0.2) is 25.0 Å². The van der Waals surface area contributed by atoms with E-state index in [0.29, 0.717) is 5.82 Å². The summed E-state index contributed by atoms with van der Waals surface area (Å²) in [7, 11) is 3.23. The monoisotopic (exact) mass is 339 g/mol. The number of nitrogens with two attached hydrogens (primary N) is 1. The van der Waals surface area contributed by atoms with Crippen molar-refractivity contribution in [2.45, 2.75) is 0 Å². The fraction of sp³-hybridized carbons (Fsp3) is 0.111. The lowest BCUT2D eigenvalue weighted by Gasteiger charge is -2.05. The highest BCUT2D eigenvalue weighted by molar-refractivity contribution is 7.18. The first-order valence-corrected chi connectivity index (χ1v) is 8.22. The molecule has 2 aromatic heterocycles. The Kier molecular flexibility index (Phi) is 4.48. The Hall–Kier alpha value is -2.86. The standard InChI is InChI=1S/C18H17N3O2S/c1-20-15(22)8-5-12-9-21-18(19)16-14(10-24-17(12)16)11-3-6-13(23-2)7-4-11/h3-10H,1-2H3,(H2,19,21)(H,20,22). The molecule has 1 aromatic carbocycles. The van der Waals surface area contributed by atoms with E-state index in [0.717, 1.165) is 32.5 Å². The second kappa shape index (κ2) is 6.72. The zero-order valence-electron chi connectivity index (χ0n) is 13.4. The second-order valence-electron chi connectivity index (χ2n) is 5.13. The van der Waals surface area contributed by atoms with Crippen molar-refractivity contribution in [1.29, 1.82) is 0 Å². The maximum Gasteiger partial charge on any atom is 0.243 e. The minimum absolute atomic E-state index is 0.160. The summed E-state index contributed by atoms with van der Waals surface area (Å²) in [5, 5.41) is 5.52. The molecule has 3 rings (SSSR count). The summed E-state index contributed by atoms with van der Waals surface area (Å²) in [5.41, 5.74) is 9.05. The molecule has 24 heavy (non-hydrogen) atoms. The predicted molar refractivity (Wildman–Crippen MR) is 99.1 cm³/mol. The van der Waals surface area contributed by atoms with Gasteiger partial charge in [0.05, 0.1) is 7.11 Å². The maximum absolute atomic E-state index is 11.4. The number of thiophene rings is 1. The van der Waals surface area contributed by atoms with Gasteiger partial charge in [0.15, 0.2) is 0 Å². The number of methoxy groups -OCH3 is 1. The molecule has 0 saturated carbocycles. The molecule has 2 heterocycles. The molecule has 0 atom stereocenters. The van der Waals surface area contributed by atoms with E-state index >= 15 is 0 Å². The first kappa shape index (κ1) is 16.0. The van der Waals surface area contributed by atoms with E-state index in [-0.39, 0.29) is 5.91 Å². The molecule has 3 N–H and O–H groups in total. The van der Waals surface area contributed by atoms with Gasteiger partial charge in [0, 0.05) is 40.5 Å². The molecule has 3 aromatic rings. The van der Waals surface area contributed by atoms with Gasteiger partial charge >= 0.3 is 0 Å². The first-order chi connectivity index (χ1) is 11.6. The fourth-order valence-corrected chi connectivity index (χ4v) is 3.52. The van der Waals surface area contributed by atoms with Crippen LogP contribution < -0.4 is 15.8 Å². The van der Waals surface area contributed by atoms with Gasteiger partial charge in [-0.25, -0.2) is 4.98 Å². The second-order valence-corrected chi connectivity index (χ2v) is 6.01. The quantitative estimate of drug-likeness (QED) is 0.715. The smallest absolute Gasteiger partial charge is 0.243 e. The molecular formula is C18H17N3O2S. The zero-order valence-corrected chi connectivity index (χ0v) is 14.2. The number of likely N-dealkylation sites (N-methyl/N-ethyl adjacent to an activating group) is 1. The number of rotatable bonds is 4. The van der Waals surface area contributed by atoms with Crippen LogP contribution >= 0.6 is 11.3 Å². The molecule has 0 radical (unpaired) electrons. The van der Waals surface area contributed by atoms with Crippen LogP contribution in [0.4, 0.5) is 5.82 Å². The fourth-order valence-electron chi connectivity index (χ4n) is 2.44. The number of nitrogens with one attached hydrogen (secondary N) is 1. The topological polar surface area (TPSA) is 77.2 Å². The summed E-state index contributed by atoms with van der Waals surface area (Å²) in [4.78, 5) is 15.7. The van der Waals surface area contributed by atoms with Crippen LogP contribution in [0.1, 0.15) is 5.56 Å². The molecule has 122 valence electrons. The molecule has 0 fully saturated rings. The average Bonchev–Trinajstić information content (AvgIpc) is 3.07. The molecule has 0 unspecified atom stereocenters. The van der Waals surface area contributed by atoms with E-state index in [1.807, 2.05) is 24.3 Å².